The molecule has 0 aliphatic heterocycles. The Morgan fingerprint density at radius 2 is 2.12 bits per heavy atom. The van der Waals surface area contributed by atoms with Crippen LogP contribution in [0, 0.1) is 6.92 Å². The van der Waals surface area contributed by atoms with E-state index >= 15 is 0 Å². The highest BCUT2D eigenvalue weighted by Crippen LogP contribution is 2.29. The van der Waals surface area contributed by atoms with Crippen molar-refractivity contribution < 1.29 is 0 Å². The van der Waals surface area contributed by atoms with Crippen molar-refractivity contribution in [1.82, 2.24) is 15.1 Å². The molecule has 1 aromatic rings. The highest BCUT2D eigenvalue weighted by atomic mass is 35.5. The van der Waals surface area contributed by atoms with E-state index in [0.717, 1.165) is 13.1 Å². The van der Waals surface area contributed by atoms with Gasteiger partial charge in [-0.15, -0.1) is 12.4 Å². The molecule has 0 aromatic carbocycles. The fourth-order valence-corrected chi connectivity index (χ4v) is 2.31. The van der Waals surface area contributed by atoms with E-state index in [4.69, 9.17) is 0 Å². The summed E-state index contributed by atoms with van der Waals surface area (Å²) in [4.78, 5) is 0. The Bertz CT molecular complexity index is 316. The summed E-state index contributed by atoms with van der Waals surface area (Å²) in [5.74, 6) is 0. The second kappa shape index (κ2) is 6.26. The van der Waals surface area contributed by atoms with Crippen molar-refractivity contribution in [3.63, 3.8) is 0 Å². The van der Waals surface area contributed by atoms with E-state index < -0.39 is 0 Å². The lowest BCUT2D eigenvalue weighted by atomic mass is 10.2. The van der Waals surface area contributed by atoms with Crippen molar-refractivity contribution in [3.05, 3.63) is 17.5 Å². The maximum Gasteiger partial charge on any atom is 0.0638 e. The van der Waals surface area contributed by atoms with Gasteiger partial charge in [0.25, 0.3) is 0 Å². The van der Waals surface area contributed by atoms with Gasteiger partial charge in [0.2, 0.25) is 0 Å². The van der Waals surface area contributed by atoms with Gasteiger partial charge in [0.15, 0.2) is 0 Å². The zero-order valence-corrected chi connectivity index (χ0v) is 11.0. The third-order valence-corrected chi connectivity index (χ3v) is 3.28. The van der Waals surface area contributed by atoms with Crippen LogP contribution in [0.25, 0.3) is 0 Å². The Morgan fingerprint density at radius 1 is 1.44 bits per heavy atom. The van der Waals surface area contributed by atoms with Crippen LogP contribution in [-0.2, 0) is 6.54 Å². The molecule has 0 spiro atoms. The van der Waals surface area contributed by atoms with Gasteiger partial charge in [-0.05, 0) is 26.3 Å². The van der Waals surface area contributed by atoms with E-state index in [2.05, 4.69) is 35.1 Å². The van der Waals surface area contributed by atoms with Gasteiger partial charge < -0.3 is 5.32 Å². The lowest BCUT2D eigenvalue weighted by molar-refractivity contribution is 0.464. The monoisotopic (exact) mass is 243 g/mol. The van der Waals surface area contributed by atoms with E-state index in [1.165, 1.54) is 36.9 Å². The quantitative estimate of drug-likeness (QED) is 0.882. The van der Waals surface area contributed by atoms with E-state index in [1.807, 2.05) is 0 Å². The molecule has 4 heteroatoms. The lowest BCUT2D eigenvalue weighted by Crippen LogP contribution is -2.11. The van der Waals surface area contributed by atoms with Gasteiger partial charge in [-0.1, -0.05) is 19.8 Å². The van der Waals surface area contributed by atoms with Crippen LogP contribution in [0.5, 0.6) is 0 Å². The Kier molecular flexibility index (Phi) is 5.29. The first-order valence-electron chi connectivity index (χ1n) is 6.06. The predicted molar refractivity (Wildman–Crippen MR) is 69.1 cm³/mol. The van der Waals surface area contributed by atoms with Gasteiger partial charge in [-0.25, -0.2) is 0 Å². The Balaban J connectivity index is 0.00000128. The van der Waals surface area contributed by atoms with Gasteiger partial charge in [-0.3, -0.25) is 4.68 Å². The molecule has 1 aliphatic carbocycles. The van der Waals surface area contributed by atoms with Crippen molar-refractivity contribution in [2.45, 2.75) is 52.1 Å². The van der Waals surface area contributed by atoms with E-state index in [-0.39, 0.29) is 12.4 Å². The summed E-state index contributed by atoms with van der Waals surface area (Å²) in [6.07, 6.45) is 7.58. The molecular weight excluding hydrogens is 222 g/mol. The number of rotatable bonds is 4. The summed E-state index contributed by atoms with van der Waals surface area (Å²) in [5, 5.41) is 7.98. The Hall–Kier alpha value is -0.540. The number of aromatic nitrogens is 2. The minimum atomic E-state index is 0. The lowest BCUT2D eigenvalue weighted by Gasteiger charge is -2.08. The van der Waals surface area contributed by atoms with Gasteiger partial charge in [0.05, 0.1) is 11.7 Å². The summed E-state index contributed by atoms with van der Waals surface area (Å²) >= 11 is 0. The van der Waals surface area contributed by atoms with Crippen LogP contribution in [0.1, 0.15) is 49.9 Å². The Labute approximate surface area is 104 Å². The first kappa shape index (κ1) is 13.5. The number of aryl methyl sites for hydroxylation is 1. The van der Waals surface area contributed by atoms with E-state index in [1.54, 1.807) is 0 Å². The normalized spacial score (nSPS) is 16.4. The highest BCUT2D eigenvalue weighted by molar-refractivity contribution is 5.85. The molecule has 16 heavy (non-hydrogen) atoms. The van der Waals surface area contributed by atoms with Crippen molar-refractivity contribution in [2.24, 2.45) is 0 Å². The molecular formula is C12H22ClN3. The molecule has 0 radical (unpaired) electrons. The average Bonchev–Trinajstić information content (AvgIpc) is 2.83. The van der Waals surface area contributed by atoms with Crippen LogP contribution >= 0.6 is 12.4 Å². The summed E-state index contributed by atoms with van der Waals surface area (Å²) in [6.45, 7) is 6.22. The molecule has 1 aromatic heterocycles. The molecule has 1 aliphatic rings. The second-order valence-corrected chi connectivity index (χ2v) is 4.44. The van der Waals surface area contributed by atoms with Gasteiger partial charge in [0, 0.05) is 18.3 Å². The third kappa shape index (κ3) is 2.98. The van der Waals surface area contributed by atoms with Crippen LogP contribution in [0.2, 0.25) is 0 Å². The maximum atomic E-state index is 4.62. The molecule has 1 heterocycles. The summed E-state index contributed by atoms with van der Waals surface area (Å²) in [5.41, 5.74) is 2.53. The Morgan fingerprint density at radius 3 is 2.75 bits per heavy atom. The van der Waals surface area contributed by atoms with Crippen LogP contribution in [-0.4, -0.2) is 16.3 Å². The first-order valence-corrected chi connectivity index (χ1v) is 6.06. The van der Waals surface area contributed by atoms with Crippen LogP contribution in [0.3, 0.4) is 0 Å². The van der Waals surface area contributed by atoms with Gasteiger partial charge >= 0.3 is 0 Å². The molecule has 0 atom stereocenters. The molecule has 0 amide bonds. The number of nitrogens with one attached hydrogen (secondary N) is 1. The zero-order chi connectivity index (χ0) is 10.7. The highest BCUT2D eigenvalue weighted by Gasteiger charge is 2.18. The third-order valence-electron chi connectivity index (χ3n) is 3.28. The topological polar surface area (TPSA) is 29.9 Å². The van der Waals surface area contributed by atoms with Crippen molar-refractivity contribution in [2.75, 3.05) is 6.54 Å². The molecule has 1 fully saturated rings. The number of hydrogen-bond acceptors (Lipinski definition) is 2. The van der Waals surface area contributed by atoms with E-state index in [0.29, 0.717) is 6.04 Å². The molecule has 0 bridgehead atoms. The van der Waals surface area contributed by atoms with Crippen molar-refractivity contribution >= 4 is 12.4 Å². The van der Waals surface area contributed by atoms with Crippen LogP contribution < -0.4 is 5.32 Å². The summed E-state index contributed by atoms with van der Waals surface area (Å²) in [6, 6.07) is 0.666. The molecule has 0 saturated heterocycles. The molecule has 1 saturated carbocycles. The van der Waals surface area contributed by atoms with Gasteiger partial charge in [0.1, 0.15) is 0 Å². The molecule has 1 N–H and O–H groups in total. The number of hydrogen-bond donors (Lipinski definition) is 1. The summed E-state index contributed by atoms with van der Waals surface area (Å²) < 4.78 is 2.19. The zero-order valence-electron chi connectivity index (χ0n) is 10.2. The van der Waals surface area contributed by atoms with Crippen molar-refractivity contribution in [1.29, 1.82) is 0 Å². The molecule has 92 valence electrons. The minimum Gasteiger partial charge on any atom is -0.313 e. The number of nitrogens with zero attached hydrogens (tertiary/aromatic N) is 2. The van der Waals surface area contributed by atoms with E-state index in [9.17, 15) is 0 Å². The maximum absolute atomic E-state index is 4.62. The van der Waals surface area contributed by atoms with Crippen LogP contribution in [0.4, 0.5) is 0 Å². The largest absolute Gasteiger partial charge is 0.313 e. The SMILES string of the molecule is CCNCc1cn(C2CCCC2)nc1C.Cl. The molecule has 0 unspecified atom stereocenters. The first-order chi connectivity index (χ1) is 7.31. The standard InChI is InChI=1S/C12H21N3.ClH/c1-3-13-8-11-9-15(14-10(11)2)12-6-4-5-7-12;/h9,12-13H,3-8H2,1-2H3;1H. The fourth-order valence-electron chi connectivity index (χ4n) is 2.31. The van der Waals surface area contributed by atoms with Crippen molar-refractivity contribution in [3.8, 4) is 0 Å². The molecule has 3 nitrogen and oxygen atoms in total. The average molecular weight is 244 g/mol. The molecule has 2 rings (SSSR count). The minimum absolute atomic E-state index is 0. The summed E-state index contributed by atoms with van der Waals surface area (Å²) in [7, 11) is 0. The predicted octanol–water partition coefficient (Wildman–Crippen LogP) is 2.84. The fraction of sp³-hybridized carbons (Fsp3) is 0.750. The van der Waals surface area contributed by atoms with Crippen LogP contribution in [0.15, 0.2) is 6.20 Å². The second-order valence-electron chi connectivity index (χ2n) is 4.44. The smallest absolute Gasteiger partial charge is 0.0638 e. The van der Waals surface area contributed by atoms with Gasteiger partial charge in [-0.2, -0.15) is 5.10 Å². The number of halogens is 1.